The van der Waals surface area contributed by atoms with E-state index in [1.165, 1.54) is 134 Å². The zero-order valence-corrected chi connectivity index (χ0v) is 44.2. The molecule has 0 saturated carbocycles. The number of hydrogen-bond donors (Lipinski definition) is 2. The van der Waals surface area contributed by atoms with Crippen molar-refractivity contribution in [3.05, 3.63) is 0 Å². The molecule has 0 aromatic rings. The van der Waals surface area contributed by atoms with Gasteiger partial charge in [-0.1, -0.05) is 167 Å². The molecule has 0 aliphatic heterocycles. The Kier molecular flexibility index (Phi) is 53.8. The van der Waals surface area contributed by atoms with E-state index >= 15 is 0 Å². The topological polar surface area (TPSA) is 94.5 Å². The standard InChI is InChI=1S/C40H83O4P.C8H19P.2H2O.O.Ti/c1-10-19-20-21-22-23-40(28-36(15-6)30-41-24-11-2,29-37(16-7)31-42-25-12-3)45(34-38(17-8)32-43-26-13-4)35-39(18-9)33-44-27-14-5;1-2-3-4-5-6-7-8-9;;;;/h36-39H,10-35H2,1-9H3;2-9H2,1H3;2*1H2;;/q;;;;;+2/p-2. The van der Waals surface area contributed by atoms with Gasteiger partial charge in [-0.15, -0.1) is 9.24 Å². The zero-order valence-electron chi connectivity index (χ0n) is 40.6. The fourth-order valence-corrected chi connectivity index (χ4v) is 12.4. The minimum absolute atomic E-state index is 0.250. The third-order valence-corrected chi connectivity index (χ3v) is 15.6. The Morgan fingerprint density at radius 2 is 0.793 bits per heavy atom. The summed E-state index contributed by atoms with van der Waals surface area (Å²) in [6.07, 6.45) is 32.5. The van der Waals surface area contributed by atoms with Crippen LogP contribution in [0.25, 0.3) is 0 Å². The maximum absolute atomic E-state index is 8.81. The van der Waals surface area contributed by atoms with Crippen LogP contribution in [0.1, 0.15) is 210 Å². The van der Waals surface area contributed by atoms with E-state index in [0.717, 1.165) is 78.5 Å². The zero-order chi connectivity index (χ0) is 44.1. The Morgan fingerprint density at radius 1 is 0.483 bits per heavy atom. The summed E-state index contributed by atoms with van der Waals surface area (Å²) in [5, 5.41) is 0.352. The minimum atomic E-state index is -3.58. The van der Waals surface area contributed by atoms with Gasteiger partial charge in [-0.2, -0.15) is 0 Å². The quantitative estimate of drug-likeness (QED) is 0.0358. The van der Waals surface area contributed by atoms with E-state index in [1.807, 2.05) is 0 Å². The summed E-state index contributed by atoms with van der Waals surface area (Å²) in [7, 11) is 2.53. The predicted octanol–water partition coefficient (Wildman–Crippen LogP) is 14.1. The van der Waals surface area contributed by atoms with Crippen molar-refractivity contribution in [2.45, 2.75) is 216 Å². The summed E-state index contributed by atoms with van der Waals surface area (Å²) in [5.74, 6) is 2.53. The second kappa shape index (κ2) is 49.2. The first-order chi connectivity index (χ1) is 28.1. The van der Waals surface area contributed by atoms with Crippen molar-refractivity contribution < 1.29 is 48.3 Å². The van der Waals surface area contributed by atoms with E-state index in [1.54, 1.807) is 0 Å². The molecule has 58 heavy (non-hydrogen) atoms. The van der Waals surface area contributed by atoms with Gasteiger partial charge in [0.2, 0.25) is 0 Å². The summed E-state index contributed by atoms with van der Waals surface area (Å²) >= 11 is -3.58. The summed E-state index contributed by atoms with van der Waals surface area (Å²) in [4.78, 5) is 0. The Balaban J connectivity index is -0.00000198. The Labute approximate surface area is 374 Å². The third kappa shape index (κ3) is 39.9. The van der Waals surface area contributed by atoms with Gasteiger partial charge in [-0.25, -0.2) is 0 Å². The van der Waals surface area contributed by atoms with Gasteiger partial charge in [0.25, 0.3) is 0 Å². The van der Waals surface area contributed by atoms with E-state index in [2.05, 4.69) is 78.5 Å². The molecule has 0 saturated heterocycles. The van der Waals surface area contributed by atoms with Crippen LogP contribution in [0.5, 0.6) is 0 Å². The van der Waals surface area contributed by atoms with Gasteiger partial charge in [-0.05, 0) is 98.7 Å². The van der Waals surface area contributed by atoms with Crippen LogP contribution in [0.2, 0.25) is 0 Å². The fourth-order valence-electron chi connectivity index (χ4n) is 7.66. The molecule has 0 rings (SSSR count). The summed E-state index contributed by atoms with van der Waals surface area (Å²) in [5.41, 5.74) is 0. The van der Waals surface area contributed by atoms with Crippen LogP contribution >= 0.6 is 17.2 Å². The van der Waals surface area contributed by atoms with Crippen molar-refractivity contribution in [2.75, 3.05) is 71.3 Å². The van der Waals surface area contributed by atoms with Crippen LogP contribution in [0, 0.1) is 23.7 Å². The van der Waals surface area contributed by atoms with Gasteiger partial charge in [0.1, 0.15) is 0 Å². The maximum atomic E-state index is 8.81. The molecule has 352 valence electrons. The summed E-state index contributed by atoms with van der Waals surface area (Å²) in [6.45, 7) is 30.4. The predicted molar refractivity (Wildman–Crippen MR) is 255 cm³/mol. The first-order valence-electron chi connectivity index (χ1n) is 24.8. The van der Waals surface area contributed by atoms with E-state index in [0.29, 0.717) is 28.8 Å². The van der Waals surface area contributed by atoms with Crippen molar-refractivity contribution in [2.24, 2.45) is 23.7 Å². The van der Waals surface area contributed by atoms with Crippen molar-refractivity contribution in [3.8, 4) is 0 Å². The van der Waals surface area contributed by atoms with Crippen molar-refractivity contribution in [3.63, 3.8) is 0 Å². The van der Waals surface area contributed by atoms with Gasteiger partial charge < -0.3 is 18.9 Å². The molecule has 0 heterocycles. The molecule has 0 amide bonds. The van der Waals surface area contributed by atoms with E-state index in [9.17, 15) is 0 Å². The normalized spacial score (nSPS) is 15.0. The molecule has 0 spiro atoms. The Morgan fingerprint density at radius 3 is 1.10 bits per heavy atom. The monoisotopic (exact) mass is 903 g/mol. The van der Waals surface area contributed by atoms with Crippen molar-refractivity contribution in [1.82, 2.24) is 0 Å². The molecule has 0 aromatic heterocycles. The van der Waals surface area contributed by atoms with Gasteiger partial charge in [0.05, 0.1) is 0 Å². The first kappa shape index (κ1) is 63.4. The molecule has 0 aromatic carbocycles. The fraction of sp³-hybridized carbons (Fsp3) is 1.00. The van der Waals surface area contributed by atoms with Crippen LogP contribution < -0.4 is 0 Å². The number of rotatable bonds is 41. The molecule has 2 N–H and O–H groups in total. The van der Waals surface area contributed by atoms with Crippen molar-refractivity contribution >= 4 is 17.2 Å². The molecular formula is C48H104O7P2Ti. The van der Waals surface area contributed by atoms with E-state index in [4.69, 9.17) is 29.6 Å². The number of unbranched alkanes of at least 4 members (excludes halogenated alkanes) is 9. The average Bonchev–Trinajstić information content (AvgIpc) is 3.21. The van der Waals surface area contributed by atoms with Gasteiger partial charge >= 0.3 is 29.3 Å². The summed E-state index contributed by atoms with van der Waals surface area (Å²) in [6, 6.07) is 0. The molecular weight excluding hydrogens is 798 g/mol. The second-order valence-electron chi connectivity index (χ2n) is 16.9. The molecule has 0 aliphatic carbocycles. The SMILES string of the molecule is CCCCCCCC(CC(CC)COCCC)(CC(CC)COCCC)P(CC(CC)COCCC)CC(CC)COCCC.CCCCCCCCP.[O]=[Ti]([OH])[OH]. The average molecular weight is 903 g/mol. The van der Waals surface area contributed by atoms with Crippen LogP contribution in [-0.2, 0) is 40.9 Å². The van der Waals surface area contributed by atoms with Crippen LogP contribution in [0.15, 0.2) is 0 Å². The van der Waals surface area contributed by atoms with Gasteiger partial charge in [0, 0.05) is 52.9 Å². The number of hydrogen-bond acceptors (Lipinski definition) is 5. The van der Waals surface area contributed by atoms with Gasteiger partial charge in [-0.3, -0.25) is 0 Å². The van der Waals surface area contributed by atoms with Crippen LogP contribution in [0.4, 0.5) is 0 Å². The molecule has 5 unspecified atom stereocenters. The summed E-state index contributed by atoms with van der Waals surface area (Å²) < 4.78 is 48.4. The molecule has 0 radical (unpaired) electrons. The molecule has 0 bridgehead atoms. The number of ether oxygens (including phenoxy) is 4. The van der Waals surface area contributed by atoms with E-state index in [-0.39, 0.29) is 7.92 Å². The Hall–Kier alpha value is 1.13. The molecule has 0 aliphatic rings. The van der Waals surface area contributed by atoms with E-state index < -0.39 is 18.6 Å². The second-order valence-corrected chi connectivity index (χ2v) is 21.2. The molecule has 5 atom stereocenters. The molecule has 7 nitrogen and oxygen atoms in total. The van der Waals surface area contributed by atoms with Crippen molar-refractivity contribution in [1.29, 1.82) is 0 Å². The Bertz CT molecular complexity index is 762. The van der Waals surface area contributed by atoms with Crippen LogP contribution in [0.3, 0.4) is 0 Å². The van der Waals surface area contributed by atoms with Crippen LogP contribution in [-0.4, -0.2) is 83.9 Å². The molecule has 0 fully saturated rings. The first-order valence-corrected chi connectivity index (χ1v) is 29.3. The third-order valence-electron chi connectivity index (χ3n) is 11.4. The van der Waals surface area contributed by atoms with Gasteiger partial charge in [0.15, 0.2) is 0 Å². The molecule has 10 heteroatoms.